The number of aromatic nitrogens is 5. The van der Waals surface area contributed by atoms with Gasteiger partial charge in [0.1, 0.15) is 5.82 Å². The molecular weight excluding hydrogens is 396 g/mol. The van der Waals surface area contributed by atoms with Crippen molar-refractivity contribution in [3.05, 3.63) is 53.4 Å². The summed E-state index contributed by atoms with van der Waals surface area (Å²) in [5.74, 6) is 2.36. The van der Waals surface area contributed by atoms with Gasteiger partial charge >= 0.3 is 0 Å². The van der Waals surface area contributed by atoms with Crippen LogP contribution in [-0.2, 0) is 18.5 Å². The van der Waals surface area contributed by atoms with Crippen LogP contribution in [0.1, 0.15) is 68.9 Å². The van der Waals surface area contributed by atoms with Gasteiger partial charge in [-0.2, -0.15) is 4.98 Å². The molecule has 0 spiro atoms. The van der Waals surface area contributed by atoms with Crippen molar-refractivity contribution >= 4 is 11.8 Å². The van der Waals surface area contributed by atoms with Gasteiger partial charge in [0.25, 0.3) is 0 Å². The van der Waals surface area contributed by atoms with Crippen molar-refractivity contribution in [2.45, 2.75) is 69.4 Å². The second-order valence-corrected chi connectivity index (χ2v) is 10.2. The summed E-state index contributed by atoms with van der Waals surface area (Å²) in [5, 5.41) is 14.1. The van der Waals surface area contributed by atoms with Crippen LogP contribution in [0.2, 0.25) is 0 Å². The highest BCUT2D eigenvalue weighted by molar-refractivity contribution is 7.99. The fraction of sp³-hybridized carbons (Fsp3) is 0.545. The maximum atomic E-state index is 5.55. The Labute approximate surface area is 182 Å². The average Bonchev–Trinajstić information content (AvgIpc) is 3.46. The van der Waals surface area contributed by atoms with Crippen LogP contribution in [0.4, 0.5) is 0 Å². The average molecular weight is 427 g/mol. The molecule has 1 aliphatic rings. The van der Waals surface area contributed by atoms with Crippen LogP contribution < -0.4 is 0 Å². The standard InChI is InChI=1S/C22H30N6OS/c1-16(19-23-20(26-29-19)22(2,3)4)30-21-25-24-18(15-27-12-8-9-13-27)28(21)14-17-10-6-5-7-11-17/h5-7,10-11,16H,8-9,12-15H2,1-4H3/t16-/m0/s1. The Bertz CT molecular complexity index is 956. The van der Waals surface area contributed by atoms with E-state index < -0.39 is 0 Å². The third kappa shape index (κ3) is 4.92. The molecule has 3 heterocycles. The van der Waals surface area contributed by atoms with Crippen LogP contribution in [0.3, 0.4) is 0 Å². The van der Waals surface area contributed by atoms with E-state index in [1.165, 1.54) is 18.4 Å². The van der Waals surface area contributed by atoms with Gasteiger partial charge in [0, 0.05) is 5.41 Å². The van der Waals surface area contributed by atoms with Gasteiger partial charge in [-0.25, -0.2) is 0 Å². The van der Waals surface area contributed by atoms with Crippen molar-refractivity contribution in [1.29, 1.82) is 0 Å². The van der Waals surface area contributed by atoms with Gasteiger partial charge in [-0.15, -0.1) is 10.2 Å². The maximum Gasteiger partial charge on any atom is 0.239 e. The van der Waals surface area contributed by atoms with E-state index in [9.17, 15) is 0 Å². The van der Waals surface area contributed by atoms with Crippen molar-refractivity contribution < 1.29 is 4.52 Å². The summed E-state index contributed by atoms with van der Waals surface area (Å²) in [4.78, 5) is 7.07. The topological polar surface area (TPSA) is 72.9 Å². The summed E-state index contributed by atoms with van der Waals surface area (Å²) in [7, 11) is 0. The molecule has 1 saturated heterocycles. The molecule has 2 aromatic heterocycles. The molecule has 0 N–H and O–H groups in total. The van der Waals surface area contributed by atoms with Crippen molar-refractivity contribution in [2.24, 2.45) is 0 Å². The molecule has 0 unspecified atom stereocenters. The summed E-state index contributed by atoms with van der Waals surface area (Å²) >= 11 is 1.62. The van der Waals surface area contributed by atoms with E-state index in [1.807, 2.05) is 6.07 Å². The highest BCUT2D eigenvalue weighted by atomic mass is 32.2. The van der Waals surface area contributed by atoms with Crippen LogP contribution in [0.25, 0.3) is 0 Å². The number of thioether (sulfide) groups is 1. The molecule has 30 heavy (non-hydrogen) atoms. The Kier molecular flexibility index (Phi) is 6.24. The van der Waals surface area contributed by atoms with Gasteiger partial charge in [-0.1, -0.05) is 68.0 Å². The fourth-order valence-electron chi connectivity index (χ4n) is 3.50. The Morgan fingerprint density at radius 3 is 2.47 bits per heavy atom. The normalized spacial score (nSPS) is 16.3. The molecule has 1 aromatic carbocycles. The first kappa shape index (κ1) is 21.1. The molecule has 0 saturated carbocycles. The van der Waals surface area contributed by atoms with Crippen molar-refractivity contribution in [3.63, 3.8) is 0 Å². The first-order valence-corrected chi connectivity index (χ1v) is 11.5. The van der Waals surface area contributed by atoms with Gasteiger partial charge in [0.05, 0.1) is 18.3 Å². The molecule has 1 fully saturated rings. The summed E-state index contributed by atoms with van der Waals surface area (Å²) in [6.45, 7) is 12.2. The predicted molar refractivity (Wildman–Crippen MR) is 117 cm³/mol. The van der Waals surface area contributed by atoms with E-state index >= 15 is 0 Å². The van der Waals surface area contributed by atoms with E-state index in [2.05, 4.69) is 81.8 Å². The van der Waals surface area contributed by atoms with Crippen LogP contribution in [0, 0.1) is 0 Å². The first-order valence-electron chi connectivity index (χ1n) is 10.6. The zero-order chi connectivity index (χ0) is 21.1. The van der Waals surface area contributed by atoms with Crippen LogP contribution >= 0.6 is 11.8 Å². The zero-order valence-corrected chi connectivity index (χ0v) is 19.0. The highest BCUT2D eigenvalue weighted by Gasteiger charge is 2.26. The number of likely N-dealkylation sites (tertiary alicyclic amines) is 1. The molecule has 0 radical (unpaired) electrons. The predicted octanol–water partition coefficient (Wildman–Crippen LogP) is 4.46. The lowest BCUT2D eigenvalue weighted by atomic mass is 9.96. The Hall–Kier alpha value is -2.19. The number of benzene rings is 1. The third-order valence-corrected chi connectivity index (χ3v) is 6.35. The highest BCUT2D eigenvalue weighted by Crippen LogP contribution is 2.34. The molecule has 1 atom stereocenters. The van der Waals surface area contributed by atoms with Crippen LogP contribution in [0.15, 0.2) is 40.0 Å². The lowest BCUT2D eigenvalue weighted by Gasteiger charge is -2.16. The minimum absolute atomic E-state index is 0.00744. The summed E-state index contributed by atoms with van der Waals surface area (Å²) < 4.78 is 7.78. The summed E-state index contributed by atoms with van der Waals surface area (Å²) in [5.41, 5.74) is 1.10. The van der Waals surface area contributed by atoms with E-state index in [-0.39, 0.29) is 10.7 Å². The molecular formula is C22H30N6OS. The van der Waals surface area contributed by atoms with E-state index in [4.69, 9.17) is 4.52 Å². The van der Waals surface area contributed by atoms with Gasteiger partial charge in [-0.05, 0) is 38.4 Å². The SMILES string of the molecule is C[C@H](Sc1nnc(CN2CCCC2)n1Cc1ccccc1)c1nc(C(C)(C)C)no1. The first-order chi connectivity index (χ1) is 14.4. The Morgan fingerprint density at radius 1 is 1.07 bits per heavy atom. The minimum atomic E-state index is -0.137. The van der Waals surface area contributed by atoms with E-state index in [0.717, 1.165) is 43.0 Å². The molecule has 0 aliphatic carbocycles. The smallest absolute Gasteiger partial charge is 0.239 e. The van der Waals surface area contributed by atoms with Crippen molar-refractivity contribution in [2.75, 3.05) is 13.1 Å². The van der Waals surface area contributed by atoms with Crippen molar-refractivity contribution in [1.82, 2.24) is 29.8 Å². The molecule has 1 aliphatic heterocycles. The van der Waals surface area contributed by atoms with Crippen molar-refractivity contribution in [3.8, 4) is 0 Å². The van der Waals surface area contributed by atoms with Crippen LogP contribution in [0.5, 0.6) is 0 Å². The fourth-order valence-corrected chi connectivity index (χ4v) is 4.40. The number of hydrogen-bond acceptors (Lipinski definition) is 7. The summed E-state index contributed by atoms with van der Waals surface area (Å²) in [6.07, 6.45) is 2.53. The third-order valence-electron chi connectivity index (χ3n) is 5.28. The van der Waals surface area contributed by atoms with Crippen LogP contribution in [-0.4, -0.2) is 42.9 Å². The van der Waals surface area contributed by atoms with Gasteiger partial charge in [0.15, 0.2) is 11.0 Å². The maximum absolute atomic E-state index is 5.55. The Morgan fingerprint density at radius 2 is 1.80 bits per heavy atom. The van der Waals surface area contributed by atoms with E-state index in [0.29, 0.717) is 5.89 Å². The number of rotatable bonds is 7. The van der Waals surface area contributed by atoms with Gasteiger partial charge in [-0.3, -0.25) is 4.90 Å². The molecule has 0 amide bonds. The second kappa shape index (κ2) is 8.89. The van der Waals surface area contributed by atoms with Gasteiger partial charge < -0.3 is 9.09 Å². The quantitative estimate of drug-likeness (QED) is 0.517. The molecule has 7 nitrogen and oxygen atoms in total. The zero-order valence-electron chi connectivity index (χ0n) is 18.2. The molecule has 4 rings (SSSR count). The number of nitrogens with zero attached hydrogens (tertiary/aromatic N) is 6. The minimum Gasteiger partial charge on any atom is -0.338 e. The second-order valence-electron chi connectivity index (χ2n) is 8.92. The molecule has 3 aromatic rings. The molecule has 8 heteroatoms. The lowest BCUT2D eigenvalue weighted by molar-refractivity contribution is 0.316. The lowest BCUT2D eigenvalue weighted by Crippen LogP contribution is -2.21. The number of hydrogen-bond donors (Lipinski definition) is 0. The monoisotopic (exact) mass is 426 g/mol. The largest absolute Gasteiger partial charge is 0.338 e. The summed E-state index contributed by atoms with van der Waals surface area (Å²) in [6, 6.07) is 10.5. The molecule has 160 valence electrons. The van der Waals surface area contributed by atoms with Gasteiger partial charge in [0.2, 0.25) is 5.89 Å². The Balaban J connectivity index is 1.56. The molecule has 0 bridgehead atoms. The van der Waals surface area contributed by atoms with E-state index in [1.54, 1.807) is 11.8 Å².